The first kappa shape index (κ1) is 25.9. The monoisotopic (exact) mass is 509 g/mol. The molecule has 36 heavy (non-hydrogen) atoms. The zero-order valence-corrected chi connectivity index (χ0v) is 19.9. The molecule has 0 saturated heterocycles. The van der Waals surface area contributed by atoms with Crippen molar-refractivity contribution in [3.05, 3.63) is 104 Å². The van der Waals surface area contributed by atoms with E-state index >= 15 is 0 Å². The van der Waals surface area contributed by atoms with E-state index in [4.69, 9.17) is 16.3 Å². The summed E-state index contributed by atoms with van der Waals surface area (Å²) in [6.07, 6.45) is 1.36. The molecule has 0 aromatic heterocycles. The molecule has 3 rings (SSSR count). The van der Waals surface area contributed by atoms with Crippen molar-refractivity contribution in [2.75, 3.05) is 19.5 Å². The van der Waals surface area contributed by atoms with Crippen LogP contribution in [-0.2, 0) is 9.53 Å². The van der Waals surface area contributed by atoms with Crippen LogP contribution >= 0.6 is 11.6 Å². The lowest BCUT2D eigenvalue weighted by Gasteiger charge is -2.13. The van der Waals surface area contributed by atoms with Crippen molar-refractivity contribution in [2.45, 2.75) is 0 Å². The van der Waals surface area contributed by atoms with E-state index in [1.165, 1.54) is 81.0 Å². The van der Waals surface area contributed by atoms with Gasteiger partial charge >= 0.3 is 5.97 Å². The van der Waals surface area contributed by atoms with Gasteiger partial charge in [0.05, 0.1) is 35.3 Å². The Labute approximate surface area is 210 Å². The fourth-order valence-electron chi connectivity index (χ4n) is 3.02. The summed E-state index contributed by atoms with van der Waals surface area (Å²) in [5.74, 6) is -1.43. The third-order valence-corrected chi connectivity index (χ3v) is 5.21. The lowest BCUT2D eigenvalue weighted by Crippen LogP contribution is -2.31. The van der Waals surface area contributed by atoms with Gasteiger partial charge in [0.2, 0.25) is 0 Å². The molecule has 2 N–H and O–H groups in total. The van der Waals surface area contributed by atoms with E-state index in [9.17, 15) is 24.5 Å². The molecule has 2 amide bonds. The molecular weight excluding hydrogens is 490 g/mol. The van der Waals surface area contributed by atoms with Crippen molar-refractivity contribution in [3.63, 3.8) is 0 Å². The molecule has 3 aromatic rings. The minimum absolute atomic E-state index is 0.0993. The molecule has 0 spiro atoms. The number of anilines is 1. The molecule has 0 atom stereocenters. The van der Waals surface area contributed by atoms with Crippen molar-refractivity contribution in [1.29, 1.82) is 0 Å². The second-order valence-corrected chi connectivity index (χ2v) is 7.64. The van der Waals surface area contributed by atoms with Crippen LogP contribution in [-0.4, -0.2) is 36.9 Å². The van der Waals surface area contributed by atoms with Crippen molar-refractivity contribution in [2.24, 2.45) is 0 Å². The Bertz CT molecular complexity index is 1340. The zero-order valence-electron chi connectivity index (χ0n) is 19.1. The minimum atomic E-state index is -0.683. The van der Waals surface area contributed by atoms with Crippen LogP contribution in [0.5, 0.6) is 5.75 Å². The topological polar surface area (TPSA) is 137 Å². The first-order valence-corrected chi connectivity index (χ1v) is 10.7. The Morgan fingerprint density at radius 1 is 0.972 bits per heavy atom. The van der Waals surface area contributed by atoms with Gasteiger partial charge in [-0.15, -0.1) is 0 Å². The summed E-state index contributed by atoms with van der Waals surface area (Å²) >= 11 is 6.19. The van der Waals surface area contributed by atoms with Crippen LogP contribution in [0.1, 0.15) is 26.3 Å². The standard InChI is InChI=1S/C25H20ClN3O7/c1-35-19-11-12-20(21(26)14-19)23(30)28-22(13-15-3-9-18(10-4-15)29(33)34)24(31)27-17-7-5-16(6-8-17)25(32)36-2/h3-14H,1-2H3,(H,27,31)(H,28,30). The minimum Gasteiger partial charge on any atom is -0.497 e. The Kier molecular flexibility index (Phi) is 8.37. The third-order valence-electron chi connectivity index (χ3n) is 4.89. The largest absolute Gasteiger partial charge is 0.497 e. The summed E-state index contributed by atoms with van der Waals surface area (Å²) in [4.78, 5) is 48.0. The van der Waals surface area contributed by atoms with E-state index in [1.54, 1.807) is 6.07 Å². The first-order chi connectivity index (χ1) is 17.2. The van der Waals surface area contributed by atoms with E-state index in [2.05, 4.69) is 15.4 Å². The van der Waals surface area contributed by atoms with Gasteiger partial charge in [-0.3, -0.25) is 19.7 Å². The quantitative estimate of drug-likeness (QED) is 0.198. The predicted molar refractivity (Wildman–Crippen MR) is 133 cm³/mol. The maximum atomic E-state index is 13.1. The molecule has 10 nitrogen and oxygen atoms in total. The smallest absolute Gasteiger partial charge is 0.337 e. The number of hydrogen-bond acceptors (Lipinski definition) is 7. The molecule has 0 fully saturated rings. The number of benzene rings is 3. The van der Waals surface area contributed by atoms with Crippen molar-refractivity contribution < 1.29 is 28.8 Å². The molecule has 0 aliphatic heterocycles. The van der Waals surface area contributed by atoms with Crippen LogP contribution in [0.4, 0.5) is 11.4 Å². The number of nitrogens with one attached hydrogen (secondary N) is 2. The van der Waals surface area contributed by atoms with Gasteiger partial charge in [-0.2, -0.15) is 0 Å². The van der Waals surface area contributed by atoms with Crippen molar-refractivity contribution in [1.82, 2.24) is 5.32 Å². The Morgan fingerprint density at radius 2 is 1.64 bits per heavy atom. The van der Waals surface area contributed by atoms with Gasteiger partial charge in [-0.05, 0) is 66.2 Å². The van der Waals surface area contributed by atoms with Crippen LogP contribution in [0.25, 0.3) is 6.08 Å². The maximum Gasteiger partial charge on any atom is 0.337 e. The van der Waals surface area contributed by atoms with E-state index in [-0.39, 0.29) is 22.0 Å². The maximum absolute atomic E-state index is 13.1. The highest BCUT2D eigenvalue weighted by atomic mass is 35.5. The highest BCUT2D eigenvalue weighted by Gasteiger charge is 2.18. The SMILES string of the molecule is COC(=O)c1ccc(NC(=O)C(=Cc2ccc([N+](=O)[O-])cc2)NC(=O)c2ccc(OC)cc2Cl)cc1. The number of amides is 2. The number of nitrogens with zero attached hydrogens (tertiary/aromatic N) is 1. The first-order valence-electron chi connectivity index (χ1n) is 10.3. The van der Waals surface area contributed by atoms with E-state index in [0.717, 1.165) is 0 Å². The summed E-state index contributed by atoms with van der Waals surface area (Å²) in [7, 11) is 2.71. The molecule has 0 unspecified atom stereocenters. The number of non-ortho nitro benzene ring substituents is 1. The number of carbonyl (C=O) groups is 3. The number of carbonyl (C=O) groups excluding carboxylic acids is 3. The molecule has 0 heterocycles. The summed E-state index contributed by atoms with van der Waals surface area (Å²) in [5, 5.41) is 16.2. The predicted octanol–water partition coefficient (Wildman–Crippen LogP) is 4.45. The van der Waals surface area contributed by atoms with Gasteiger partial charge in [-0.25, -0.2) is 4.79 Å². The van der Waals surface area contributed by atoms with Crippen molar-refractivity contribution >= 4 is 46.8 Å². The average Bonchev–Trinajstić information content (AvgIpc) is 2.88. The molecule has 11 heteroatoms. The van der Waals surface area contributed by atoms with Gasteiger partial charge in [0.1, 0.15) is 11.4 Å². The molecule has 0 aliphatic carbocycles. The van der Waals surface area contributed by atoms with E-state index in [0.29, 0.717) is 22.6 Å². The Hall–Kier alpha value is -4.70. The van der Waals surface area contributed by atoms with Crippen LogP contribution < -0.4 is 15.4 Å². The number of rotatable bonds is 8. The number of esters is 1. The van der Waals surface area contributed by atoms with Crippen LogP contribution in [0.3, 0.4) is 0 Å². The Morgan fingerprint density at radius 3 is 2.19 bits per heavy atom. The number of hydrogen-bond donors (Lipinski definition) is 2. The highest BCUT2D eigenvalue weighted by Crippen LogP contribution is 2.23. The summed E-state index contributed by atoms with van der Waals surface area (Å²) in [6.45, 7) is 0. The second kappa shape index (κ2) is 11.6. The number of nitro benzene ring substituents is 1. The summed E-state index contributed by atoms with van der Waals surface area (Å²) in [5.41, 5.74) is 0.879. The van der Waals surface area contributed by atoms with Gasteiger partial charge in [0, 0.05) is 17.8 Å². The molecule has 0 aliphatic rings. The normalized spacial score (nSPS) is 10.8. The number of nitro groups is 1. The molecular formula is C25H20ClN3O7. The van der Waals surface area contributed by atoms with Crippen LogP contribution in [0.15, 0.2) is 72.4 Å². The molecule has 3 aromatic carbocycles. The molecule has 0 saturated carbocycles. The fourth-order valence-corrected chi connectivity index (χ4v) is 3.28. The van der Waals surface area contributed by atoms with Crippen LogP contribution in [0.2, 0.25) is 5.02 Å². The summed E-state index contributed by atoms with van der Waals surface area (Å²) in [6, 6.07) is 15.8. The molecule has 0 bridgehead atoms. The molecule has 0 radical (unpaired) electrons. The molecule has 184 valence electrons. The lowest BCUT2D eigenvalue weighted by atomic mass is 10.1. The average molecular weight is 510 g/mol. The fraction of sp³-hybridized carbons (Fsp3) is 0.0800. The van der Waals surface area contributed by atoms with E-state index < -0.39 is 22.7 Å². The van der Waals surface area contributed by atoms with Crippen LogP contribution in [0, 0.1) is 10.1 Å². The van der Waals surface area contributed by atoms with Crippen molar-refractivity contribution in [3.8, 4) is 5.75 Å². The second-order valence-electron chi connectivity index (χ2n) is 7.23. The number of halogens is 1. The third kappa shape index (κ3) is 6.45. The van der Waals surface area contributed by atoms with Gasteiger partial charge < -0.3 is 20.1 Å². The van der Waals surface area contributed by atoms with Gasteiger partial charge in [-0.1, -0.05) is 11.6 Å². The zero-order chi connectivity index (χ0) is 26.2. The highest BCUT2D eigenvalue weighted by molar-refractivity contribution is 6.34. The van der Waals surface area contributed by atoms with E-state index in [1.807, 2.05) is 0 Å². The number of ether oxygens (including phenoxy) is 2. The lowest BCUT2D eigenvalue weighted by molar-refractivity contribution is -0.384. The van der Waals surface area contributed by atoms with Gasteiger partial charge in [0.25, 0.3) is 17.5 Å². The van der Waals surface area contributed by atoms with Gasteiger partial charge in [0.15, 0.2) is 0 Å². The Balaban J connectivity index is 1.90. The number of methoxy groups -OCH3 is 2. The summed E-state index contributed by atoms with van der Waals surface area (Å²) < 4.78 is 9.73.